The van der Waals surface area contributed by atoms with Crippen LogP contribution in [0.3, 0.4) is 0 Å². The molecule has 1 aliphatic heterocycles. The molecule has 35 heavy (non-hydrogen) atoms. The number of hydrogen-bond acceptors (Lipinski definition) is 4. The summed E-state index contributed by atoms with van der Waals surface area (Å²) in [6.07, 6.45) is 4.06. The maximum absolute atomic E-state index is 14.1. The molecule has 0 bridgehead atoms. The lowest BCUT2D eigenvalue weighted by molar-refractivity contribution is -0.136. The van der Waals surface area contributed by atoms with Crippen LogP contribution in [0.4, 0.5) is 8.78 Å². The van der Waals surface area contributed by atoms with Gasteiger partial charge < -0.3 is 20.5 Å². The minimum Gasteiger partial charge on any atom is -0.345 e. The van der Waals surface area contributed by atoms with Crippen LogP contribution in [-0.4, -0.2) is 51.7 Å². The van der Waals surface area contributed by atoms with Crippen LogP contribution in [0.1, 0.15) is 64.7 Å². The van der Waals surface area contributed by atoms with Crippen LogP contribution in [0, 0.1) is 17.6 Å². The Morgan fingerprint density at radius 2 is 1.83 bits per heavy atom. The summed E-state index contributed by atoms with van der Waals surface area (Å²) < 4.78 is 27.3. The number of aromatic nitrogens is 2. The second kappa shape index (κ2) is 11.9. The molecule has 2 atom stereocenters. The maximum atomic E-state index is 14.1. The molecular formula is C25H33F2N5O3. The van der Waals surface area contributed by atoms with Gasteiger partial charge in [-0.1, -0.05) is 13.8 Å². The normalized spacial score (nSPS) is 15.2. The van der Waals surface area contributed by atoms with Crippen LogP contribution in [0.15, 0.2) is 24.4 Å². The van der Waals surface area contributed by atoms with Crippen LogP contribution in [-0.2, 0) is 14.4 Å². The third-order valence-corrected chi connectivity index (χ3v) is 6.02. The van der Waals surface area contributed by atoms with E-state index in [1.54, 1.807) is 11.8 Å². The number of rotatable bonds is 10. The summed E-state index contributed by atoms with van der Waals surface area (Å²) in [5.74, 6) is -1.70. The van der Waals surface area contributed by atoms with Crippen LogP contribution in [0.5, 0.6) is 0 Å². The van der Waals surface area contributed by atoms with E-state index in [2.05, 4.69) is 20.6 Å². The van der Waals surface area contributed by atoms with E-state index in [0.717, 1.165) is 25.0 Å². The van der Waals surface area contributed by atoms with Gasteiger partial charge in [0.2, 0.25) is 17.7 Å². The zero-order chi connectivity index (χ0) is 25.5. The molecule has 2 heterocycles. The molecule has 1 fully saturated rings. The van der Waals surface area contributed by atoms with Gasteiger partial charge in [-0.05, 0) is 44.2 Å². The Morgan fingerprint density at radius 1 is 1.11 bits per heavy atom. The molecule has 1 saturated heterocycles. The average molecular weight is 490 g/mol. The maximum Gasteiger partial charge on any atom is 0.243 e. The van der Waals surface area contributed by atoms with Gasteiger partial charge >= 0.3 is 0 Å². The van der Waals surface area contributed by atoms with E-state index in [-0.39, 0.29) is 30.2 Å². The predicted molar refractivity (Wildman–Crippen MR) is 127 cm³/mol. The zero-order valence-electron chi connectivity index (χ0n) is 20.4. The van der Waals surface area contributed by atoms with Gasteiger partial charge in [0.15, 0.2) is 0 Å². The van der Waals surface area contributed by atoms with Crippen molar-refractivity contribution in [2.24, 2.45) is 5.92 Å². The number of imidazole rings is 1. The van der Waals surface area contributed by atoms with Crippen molar-refractivity contribution in [1.29, 1.82) is 0 Å². The molecule has 0 aliphatic carbocycles. The molecule has 2 aromatic rings. The minimum atomic E-state index is -1.02. The molecule has 1 unspecified atom stereocenters. The molecule has 0 saturated carbocycles. The third kappa shape index (κ3) is 7.34. The van der Waals surface area contributed by atoms with E-state index in [1.807, 2.05) is 13.8 Å². The fraction of sp³-hybridized carbons (Fsp3) is 0.520. The highest BCUT2D eigenvalue weighted by atomic mass is 19.1. The summed E-state index contributed by atoms with van der Waals surface area (Å²) >= 11 is 0. The molecule has 10 heteroatoms. The highest BCUT2D eigenvalue weighted by Crippen LogP contribution is 2.23. The first-order valence-corrected chi connectivity index (χ1v) is 12.0. The summed E-state index contributed by atoms with van der Waals surface area (Å²) in [7, 11) is 0. The molecule has 8 nitrogen and oxygen atoms in total. The van der Waals surface area contributed by atoms with Gasteiger partial charge in [-0.2, -0.15) is 0 Å². The van der Waals surface area contributed by atoms with Crippen LogP contribution in [0.2, 0.25) is 0 Å². The van der Waals surface area contributed by atoms with Crippen molar-refractivity contribution < 1.29 is 23.2 Å². The molecule has 0 spiro atoms. The lowest BCUT2D eigenvalue weighted by Gasteiger charge is -2.23. The summed E-state index contributed by atoms with van der Waals surface area (Å²) in [5, 5.41) is 5.49. The monoisotopic (exact) mass is 489 g/mol. The number of aromatic amines is 1. The molecule has 1 aliphatic rings. The number of carbonyl (C=O) groups excluding carboxylic acids is 3. The van der Waals surface area contributed by atoms with Crippen molar-refractivity contribution in [3.63, 3.8) is 0 Å². The smallest absolute Gasteiger partial charge is 0.243 e. The Hall–Kier alpha value is -3.30. The summed E-state index contributed by atoms with van der Waals surface area (Å²) in [6, 6.07) is 1.60. The van der Waals surface area contributed by atoms with Crippen LogP contribution in [0.25, 0.3) is 11.3 Å². The van der Waals surface area contributed by atoms with Crippen molar-refractivity contribution in [3.05, 3.63) is 41.9 Å². The van der Waals surface area contributed by atoms with Crippen molar-refractivity contribution >= 4 is 17.7 Å². The van der Waals surface area contributed by atoms with Gasteiger partial charge in [-0.3, -0.25) is 14.4 Å². The van der Waals surface area contributed by atoms with Crippen molar-refractivity contribution in [2.45, 2.75) is 65.0 Å². The van der Waals surface area contributed by atoms with E-state index >= 15 is 0 Å². The molecule has 190 valence electrons. The van der Waals surface area contributed by atoms with Gasteiger partial charge in [0.1, 0.15) is 23.5 Å². The number of likely N-dealkylation sites (tertiary alicyclic amines) is 1. The fourth-order valence-corrected chi connectivity index (χ4v) is 3.95. The van der Waals surface area contributed by atoms with Gasteiger partial charge in [0.25, 0.3) is 0 Å². The number of nitrogens with one attached hydrogen (secondary N) is 3. The van der Waals surface area contributed by atoms with Crippen LogP contribution < -0.4 is 10.6 Å². The second-order valence-electron chi connectivity index (χ2n) is 9.38. The predicted octanol–water partition coefficient (Wildman–Crippen LogP) is 3.47. The van der Waals surface area contributed by atoms with Crippen molar-refractivity contribution in [1.82, 2.24) is 25.5 Å². The molecule has 0 radical (unpaired) electrons. The number of amides is 3. The van der Waals surface area contributed by atoms with Gasteiger partial charge in [-0.25, -0.2) is 13.8 Å². The Labute approximate surface area is 203 Å². The Morgan fingerprint density at radius 3 is 2.49 bits per heavy atom. The molecule has 3 amide bonds. The molecule has 1 aromatic carbocycles. The van der Waals surface area contributed by atoms with Crippen molar-refractivity contribution in [3.8, 4) is 11.3 Å². The summed E-state index contributed by atoms with van der Waals surface area (Å²) in [5.41, 5.74) is 0.483. The number of H-pyrrole nitrogens is 1. The highest BCUT2D eigenvalue weighted by Gasteiger charge is 2.29. The van der Waals surface area contributed by atoms with Gasteiger partial charge in [-0.15, -0.1) is 0 Å². The summed E-state index contributed by atoms with van der Waals surface area (Å²) in [6.45, 7) is 7.00. The number of carbonyl (C=O) groups is 3. The SMILES string of the molecule is CC(C)CCC(=O)NC(CC(=O)N1CCCC1)C(=O)N[C@@H](C)c1ncc(-c2ccc(F)cc2F)[nH]1. The number of nitrogens with zero attached hydrogens (tertiary/aromatic N) is 2. The largest absolute Gasteiger partial charge is 0.345 e. The Balaban J connectivity index is 1.68. The van der Waals surface area contributed by atoms with E-state index in [9.17, 15) is 23.2 Å². The first kappa shape index (κ1) is 26.3. The zero-order valence-corrected chi connectivity index (χ0v) is 20.4. The van der Waals surface area contributed by atoms with Gasteiger partial charge in [0.05, 0.1) is 24.4 Å². The number of hydrogen-bond donors (Lipinski definition) is 3. The standard InChI is InChI=1S/C25H33F2N5O3/c1-15(2)6-9-22(33)30-20(13-23(34)32-10-4-5-11-32)25(35)29-16(3)24-28-14-21(31-24)18-8-7-17(26)12-19(18)27/h7-8,12,14-16,20H,4-6,9-11,13H2,1-3H3,(H,28,31)(H,29,35)(H,30,33)/t16-,20?/m0/s1. The minimum absolute atomic E-state index is 0.129. The Bertz CT molecular complexity index is 1050. The lowest BCUT2D eigenvalue weighted by Crippen LogP contribution is -2.50. The topological polar surface area (TPSA) is 107 Å². The van der Waals surface area contributed by atoms with E-state index < -0.39 is 29.6 Å². The Kier molecular flexibility index (Phi) is 8.95. The number of halogens is 2. The molecule has 3 rings (SSSR count). The third-order valence-electron chi connectivity index (χ3n) is 6.02. The van der Waals surface area contributed by atoms with Crippen LogP contribution >= 0.6 is 0 Å². The van der Waals surface area contributed by atoms with Gasteiger partial charge in [0, 0.05) is 31.1 Å². The lowest BCUT2D eigenvalue weighted by atomic mass is 10.1. The fourth-order valence-electron chi connectivity index (χ4n) is 3.95. The first-order valence-electron chi connectivity index (χ1n) is 12.0. The van der Waals surface area contributed by atoms with E-state index in [1.165, 1.54) is 12.3 Å². The van der Waals surface area contributed by atoms with E-state index in [4.69, 9.17) is 0 Å². The molecule has 3 N–H and O–H groups in total. The molecule has 1 aromatic heterocycles. The number of benzene rings is 1. The quantitative estimate of drug-likeness (QED) is 0.475. The average Bonchev–Trinajstić information content (AvgIpc) is 3.50. The first-order chi connectivity index (χ1) is 16.6. The molecular weight excluding hydrogens is 456 g/mol. The summed E-state index contributed by atoms with van der Waals surface area (Å²) in [4.78, 5) is 47.1. The van der Waals surface area contributed by atoms with Crippen molar-refractivity contribution in [2.75, 3.05) is 13.1 Å². The second-order valence-corrected chi connectivity index (χ2v) is 9.38. The van der Waals surface area contributed by atoms with E-state index in [0.29, 0.717) is 36.9 Å². The highest BCUT2D eigenvalue weighted by molar-refractivity contribution is 5.92.